The number of nitrogens with one attached hydrogen (secondary N) is 1. The molecule has 0 amide bonds. The molecular weight excluding hydrogens is 276 g/mol. The lowest BCUT2D eigenvalue weighted by atomic mass is 10.1. The summed E-state index contributed by atoms with van der Waals surface area (Å²) < 4.78 is 4.64. The molecule has 2 heterocycles. The zero-order valence-corrected chi connectivity index (χ0v) is 11.4. The summed E-state index contributed by atoms with van der Waals surface area (Å²) in [6, 6.07) is 8.48. The molecule has 1 aromatic carbocycles. The molecule has 0 aliphatic carbocycles. The van der Waals surface area contributed by atoms with Crippen molar-refractivity contribution in [1.29, 1.82) is 0 Å². The van der Waals surface area contributed by atoms with E-state index < -0.39 is 5.97 Å². The maximum Gasteiger partial charge on any atom is 0.337 e. The molecule has 2 aromatic heterocycles. The number of carbonyl (C=O) groups excluding carboxylic acids is 1. The molecule has 5 nitrogen and oxygen atoms in total. The molecule has 0 aliphatic heterocycles. The van der Waals surface area contributed by atoms with Crippen LogP contribution in [0.3, 0.4) is 0 Å². The number of fused-ring (bicyclic) bond motifs is 1. The van der Waals surface area contributed by atoms with Crippen LogP contribution in [-0.4, -0.2) is 23.0 Å². The van der Waals surface area contributed by atoms with Crippen molar-refractivity contribution in [3.63, 3.8) is 0 Å². The van der Waals surface area contributed by atoms with Crippen LogP contribution in [0.5, 0.6) is 0 Å². The lowest BCUT2D eigenvalue weighted by Gasteiger charge is -2.03. The fourth-order valence-electron chi connectivity index (χ4n) is 1.88. The normalized spacial score (nSPS) is 10.7. The number of hydrogen-bond acceptors (Lipinski definition) is 5. The smallest absolute Gasteiger partial charge is 0.337 e. The molecular formula is C14H10N2O3S. The maximum absolute atomic E-state index is 11.9. The minimum absolute atomic E-state index is 0.164. The number of esters is 1. The van der Waals surface area contributed by atoms with Crippen molar-refractivity contribution in [2.45, 2.75) is 0 Å². The molecule has 0 saturated heterocycles. The number of thiophene rings is 1. The van der Waals surface area contributed by atoms with Gasteiger partial charge in [-0.2, -0.15) is 0 Å². The first-order chi connectivity index (χ1) is 9.69. The molecule has 20 heavy (non-hydrogen) atoms. The SMILES string of the molecule is COC(=O)c1ccc(-c2nc3sccc3c(=O)[nH]2)cc1. The van der Waals surface area contributed by atoms with Crippen molar-refractivity contribution < 1.29 is 9.53 Å². The van der Waals surface area contributed by atoms with Crippen LogP contribution in [0.15, 0.2) is 40.5 Å². The van der Waals surface area contributed by atoms with Gasteiger partial charge >= 0.3 is 5.97 Å². The van der Waals surface area contributed by atoms with Crippen LogP contribution < -0.4 is 5.56 Å². The summed E-state index contributed by atoms with van der Waals surface area (Å²) in [5, 5.41) is 2.42. The second kappa shape index (κ2) is 4.90. The number of aromatic nitrogens is 2. The number of carbonyl (C=O) groups is 1. The van der Waals surface area contributed by atoms with Gasteiger partial charge in [0.25, 0.3) is 5.56 Å². The predicted octanol–water partition coefficient (Wildman–Crippen LogP) is 2.44. The topological polar surface area (TPSA) is 72.0 Å². The number of nitrogens with zero attached hydrogens (tertiary/aromatic N) is 1. The van der Waals surface area contributed by atoms with Gasteiger partial charge in [0.05, 0.1) is 18.1 Å². The van der Waals surface area contributed by atoms with Gasteiger partial charge in [0.2, 0.25) is 0 Å². The molecule has 0 bridgehead atoms. The molecule has 0 radical (unpaired) electrons. The Morgan fingerprint density at radius 3 is 2.70 bits per heavy atom. The van der Waals surface area contributed by atoms with E-state index in [1.807, 2.05) is 5.38 Å². The molecule has 0 unspecified atom stereocenters. The van der Waals surface area contributed by atoms with E-state index >= 15 is 0 Å². The van der Waals surface area contributed by atoms with Gasteiger partial charge in [0, 0.05) is 5.56 Å². The zero-order valence-electron chi connectivity index (χ0n) is 10.5. The lowest BCUT2D eigenvalue weighted by Crippen LogP contribution is -2.08. The Balaban J connectivity index is 2.06. The van der Waals surface area contributed by atoms with Crippen LogP contribution in [0.4, 0.5) is 0 Å². The van der Waals surface area contributed by atoms with Gasteiger partial charge in [-0.3, -0.25) is 4.79 Å². The van der Waals surface area contributed by atoms with Gasteiger partial charge in [0.15, 0.2) is 0 Å². The Morgan fingerprint density at radius 1 is 1.25 bits per heavy atom. The molecule has 0 saturated carbocycles. The third-order valence-electron chi connectivity index (χ3n) is 2.91. The first-order valence-electron chi connectivity index (χ1n) is 5.85. The number of hydrogen-bond donors (Lipinski definition) is 1. The number of ether oxygens (including phenoxy) is 1. The van der Waals surface area contributed by atoms with Crippen molar-refractivity contribution in [3.05, 3.63) is 51.6 Å². The zero-order chi connectivity index (χ0) is 14.1. The monoisotopic (exact) mass is 286 g/mol. The number of benzene rings is 1. The summed E-state index contributed by atoms with van der Waals surface area (Å²) in [6.45, 7) is 0. The Labute approximate surface area is 117 Å². The van der Waals surface area contributed by atoms with E-state index in [1.54, 1.807) is 30.3 Å². The molecule has 100 valence electrons. The van der Waals surface area contributed by atoms with E-state index in [0.29, 0.717) is 21.6 Å². The van der Waals surface area contributed by atoms with Gasteiger partial charge in [0.1, 0.15) is 10.7 Å². The second-order valence-electron chi connectivity index (χ2n) is 4.12. The molecule has 0 fully saturated rings. The van der Waals surface area contributed by atoms with Crippen LogP contribution >= 0.6 is 11.3 Å². The van der Waals surface area contributed by atoms with Gasteiger partial charge in [-0.15, -0.1) is 11.3 Å². The Morgan fingerprint density at radius 2 is 2.00 bits per heavy atom. The minimum Gasteiger partial charge on any atom is -0.465 e. The van der Waals surface area contributed by atoms with Crippen molar-refractivity contribution >= 4 is 27.5 Å². The number of H-pyrrole nitrogens is 1. The van der Waals surface area contributed by atoms with E-state index in [-0.39, 0.29) is 5.56 Å². The van der Waals surface area contributed by atoms with Gasteiger partial charge in [-0.1, -0.05) is 12.1 Å². The number of rotatable bonds is 2. The second-order valence-corrected chi connectivity index (χ2v) is 5.02. The van der Waals surface area contributed by atoms with Gasteiger partial charge < -0.3 is 9.72 Å². The van der Waals surface area contributed by atoms with E-state index in [2.05, 4.69) is 14.7 Å². The van der Waals surface area contributed by atoms with Gasteiger partial charge in [-0.25, -0.2) is 9.78 Å². The van der Waals surface area contributed by atoms with Crippen LogP contribution in [0.25, 0.3) is 21.6 Å². The van der Waals surface area contributed by atoms with E-state index in [1.165, 1.54) is 18.4 Å². The Bertz CT molecular complexity index is 833. The molecule has 0 atom stereocenters. The highest BCUT2D eigenvalue weighted by molar-refractivity contribution is 7.16. The van der Waals surface area contributed by atoms with Gasteiger partial charge in [-0.05, 0) is 23.6 Å². The lowest BCUT2D eigenvalue weighted by molar-refractivity contribution is 0.0601. The van der Waals surface area contributed by atoms with Crippen LogP contribution in [0.1, 0.15) is 10.4 Å². The molecule has 0 aliphatic rings. The third-order valence-corrected chi connectivity index (χ3v) is 3.72. The van der Waals surface area contributed by atoms with Crippen molar-refractivity contribution in [1.82, 2.24) is 9.97 Å². The Hall–Kier alpha value is -2.47. The molecule has 3 rings (SSSR count). The summed E-state index contributed by atoms with van der Waals surface area (Å²) in [5.41, 5.74) is 1.03. The van der Waals surface area contributed by atoms with Crippen LogP contribution in [0, 0.1) is 0 Å². The van der Waals surface area contributed by atoms with Crippen LogP contribution in [0.2, 0.25) is 0 Å². The first kappa shape index (κ1) is 12.6. The predicted molar refractivity (Wildman–Crippen MR) is 77.0 cm³/mol. The van der Waals surface area contributed by atoms with Crippen LogP contribution in [-0.2, 0) is 4.74 Å². The summed E-state index contributed by atoms with van der Waals surface area (Å²) in [6.07, 6.45) is 0. The largest absolute Gasteiger partial charge is 0.465 e. The molecule has 3 aromatic rings. The fourth-order valence-corrected chi connectivity index (χ4v) is 2.65. The highest BCUT2D eigenvalue weighted by Crippen LogP contribution is 2.20. The average Bonchev–Trinajstić information content (AvgIpc) is 2.95. The maximum atomic E-state index is 11.9. The fraction of sp³-hybridized carbons (Fsp3) is 0.0714. The third kappa shape index (κ3) is 2.10. The van der Waals surface area contributed by atoms with E-state index in [0.717, 1.165) is 5.56 Å². The standard InChI is InChI=1S/C14H10N2O3S/c1-19-14(18)9-4-2-8(3-5-9)11-15-12(17)10-6-7-20-13(10)16-11/h2-7H,1H3,(H,15,16,17). The number of aromatic amines is 1. The first-order valence-corrected chi connectivity index (χ1v) is 6.73. The minimum atomic E-state index is -0.397. The van der Waals surface area contributed by atoms with E-state index in [9.17, 15) is 9.59 Å². The summed E-state index contributed by atoms with van der Waals surface area (Å²) >= 11 is 1.42. The number of methoxy groups -OCH3 is 1. The molecule has 6 heteroatoms. The quantitative estimate of drug-likeness (QED) is 0.734. The van der Waals surface area contributed by atoms with Crippen molar-refractivity contribution in [3.8, 4) is 11.4 Å². The summed E-state index contributed by atoms with van der Waals surface area (Å²) in [7, 11) is 1.33. The summed E-state index contributed by atoms with van der Waals surface area (Å²) in [4.78, 5) is 31.1. The highest BCUT2D eigenvalue weighted by Gasteiger charge is 2.09. The van der Waals surface area contributed by atoms with Crippen molar-refractivity contribution in [2.24, 2.45) is 0 Å². The van der Waals surface area contributed by atoms with E-state index in [4.69, 9.17) is 0 Å². The molecule has 0 spiro atoms. The highest BCUT2D eigenvalue weighted by atomic mass is 32.1. The Kier molecular flexibility index (Phi) is 3.08. The summed E-state index contributed by atoms with van der Waals surface area (Å²) in [5.74, 6) is 0.0908. The van der Waals surface area contributed by atoms with Crippen molar-refractivity contribution in [2.75, 3.05) is 7.11 Å². The average molecular weight is 286 g/mol. The molecule has 1 N–H and O–H groups in total.